The molecule has 0 bridgehead atoms. The molecule has 0 atom stereocenters. The molecule has 0 aromatic heterocycles. The Labute approximate surface area is 116 Å². The van der Waals surface area contributed by atoms with Gasteiger partial charge in [0.2, 0.25) is 0 Å². The molecular formula is C16H11N2O2. The van der Waals surface area contributed by atoms with E-state index in [1.807, 2.05) is 48.5 Å². The van der Waals surface area contributed by atoms with Gasteiger partial charge in [-0.05, 0) is 12.1 Å². The molecule has 4 nitrogen and oxygen atoms in total. The molecule has 2 aliphatic rings. The van der Waals surface area contributed by atoms with Crippen LogP contribution >= 0.6 is 0 Å². The molecule has 0 fully saturated rings. The van der Waals surface area contributed by atoms with Crippen molar-refractivity contribution in [3.05, 3.63) is 66.2 Å². The monoisotopic (exact) mass is 263 g/mol. The third-order valence-corrected chi connectivity index (χ3v) is 3.21. The molecule has 2 aromatic carbocycles. The minimum atomic E-state index is 0.401. The highest BCUT2D eigenvalue weighted by atomic mass is 16.5. The first kappa shape index (κ1) is 11.2. The molecule has 4 heteroatoms. The smallest absolute Gasteiger partial charge is 0.279 e. The summed E-state index contributed by atoms with van der Waals surface area (Å²) in [6, 6.07) is 15.6. The summed E-state index contributed by atoms with van der Waals surface area (Å²) in [4.78, 5) is 8.74. The van der Waals surface area contributed by atoms with Crippen molar-refractivity contribution < 1.29 is 9.47 Å². The highest BCUT2D eigenvalue weighted by Gasteiger charge is 2.23. The van der Waals surface area contributed by atoms with Gasteiger partial charge in [-0.2, -0.15) is 0 Å². The van der Waals surface area contributed by atoms with Crippen LogP contribution in [0.3, 0.4) is 0 Å². The van der Waals surface area contributed by atoms with Crippen LogP contribution < -0.4 is 4.74 Å². The molecule has 4 rings (SSSR count). The summed E-state index contributed by atoms with van der Waals surface area (Å²) in [5, 5.41) is 0. The Morgan fingerprint density at radius 2 is 1.75 bits per heavy atom. The second kappa shape index (κ2) is 4.49. The lowest BCUT2D eigenvalue weighted by atomic mass is 10.1. The van der Waals surface area contributed by atoms with Crippen molar-refractivity contribution in [1.29, 1.82) is 0 Å². The first-order chi connectivity index (χ1) is 9.90. The molecule has 97 valence electrons. The van der Waals surface area contributed by atoms with Gasteiger partial charge in [-0.1, -0.05) is 36.4 Å². The number of aliphatic imine (C=N–C) groups is 2. The van der Waals surface area contributed by atoms with Gasteiger partial charge in [-0.15, -0.1) is 0 Å². The molecule has 0 spiro atoms. The van der Waals surface area contributed by atoms with Crippen molar-refractivity contribution >= 4 is 17.5 Å². The van der Waals surface area contributed by atoms with Crippen LogP contribution in [0.15, 0.2) is 58.5 Å². The van der Waals surface area contributed by atoms with Crippen molar-refractivity contribution in [3.63, 3.8) is 0 Å². The minimum Gasteiger partial charge on any atom is -0.469 e. The van der Waals surface area contributed by atoms with Crippen molar-refractivity contribution in [1.82, 2.24) is 0 Å². The lowest BCUT2D eigenvalue weighted by Gasteiger charge is -2.20. The zero-order valence-electron chi connectivity index (χ0n) is 10.6. The second-order valence-electron chi connectivity index (χ2n) is 4.54. The number of hydrogen-bond acceptors (Lipinski definition) is 4. The Hall–Kier alpha value is -2.62. The lowest BCUT2D eigenvalue weighted by molar-refractivity contribution is 0.287. The molecule has 0 unspecified atom stereocenters. The van der Waals surface area contributed by atoms with E-state index in [9.17, 15) is 0 Å². The van der Waals surface area contributed by atoms with Crippen molar-refractivity contribution in [2.45, 2.75) is 6.61 Å². The van der Waals surface area contributed by atoms with E-state index in [4.69, 9.17) is 9.47 Å². The normalized spacial score (nSPS) is 16.0. The van der Waals surface area contributed by atoms with Crippen molar-refractivity contribution in [3.8, 4) is 5.75 Å². The van der Waals surface area contributed by atoms with Gasteiger partial charge in [0.05, 0.1) is 5.69 Å². The van der Waals surface area contributed by atoms with Crippen LogP contribution in [0.25, 0.3) is 0 Å². The Kier molecular flexibility index (Phi) is 2.52. The average Bonchev–Trinajstić information content (AvgIpc) is 2.54. The fourth-order valence-corrected chi connectivity index (χ4v) is 2.18. The van der Waals surface area contributed by atoms with Crippen LogP contribution in [-0.4, -0.2) is 11.8 Å². The van der Waals surface area contributed by atoms with Crippen LogP contribution in [-0.2, 0) is 11.3 Å². The quantitative estimate of drug-likeness (QED) is 0.792. The van der Waals surface area contributed by atoms with Gasteiger partial charge >= 0.3 is 0 Å². The number of para-hydroxylation sites is 2. The van der Waals surface area contributed by atoms with E-state index < -0.39 is 0 Å². The number of ether oxygens (including phenoxy) is 2. The zero-order valence-corrected chi connectivity index (χ0v) is 10.6. The summed E-state index contributed by atoms with van der Waals surface area (Å²) in [6.45, 7) is 2.25. The Balaban J connectivity index is 1.68. The van der Waals surface area contributed by atoms with Crippen LogP contribution in [0.1, 0.15) is 11.1 Å². The van der Waals surface area contributed by atoms with E-state index in [0.29, 0.717) is 18.4 Å². The summed E-state index contributed by atoms with van der Waals surface area (Å²) in [6.07, 6.45) is 0. The second-order valence-corrected chi connectivity index (χ2v) is 4.54. The summed E-state index contributed by atoms with van der Waals surface area (Å²) >= 11 is 0. The maximum atomic E-state index is 5.75. The number of rotatable bonds is 1. The standard InChI is InChI=1S/C16H11N2O2/c1-3-7-13-12(6-1)10-19-16(18-13)15-17-9-11-5-2-4-8-14(11)20-15/h1-9H,10H2. The first-order valence-electron chi connectivity index (χ1n) is 6.38. The highest BCUT2D eigenvalue weighted by Crippen LogP contribution is 2.28. The lowest BCUT2D eigenvalue weighted by Crippen LogP contribution is -2.27. The van der Waals surface area contributed by atoms with E-state index in [0.717, 1.165) is 22.6 Å². The molecule has 0 amide bonds. The van der Waals surface area contributed by atoms with Crippen molar-refractivity contribution in [2.75, 3.05) is 0 Å². The van der Waals surface area contributed by atoms with Gasteiger partial charge in [0.15, 0.2) is 0 Å². The third-order valence-electron chi connectivity index (χ3n) is 3.21. The SMILES string of the molecule is [CH]1N=C(C2=Nc3ccccc3CO2)Oc2ccccc21. The van der Waals surface area contributed by atoms with Gasteiger partial charge in [0.25, 0.3) is 11.8 Å². The van der Waals surface area contributed by atoms with E-state index >= 15 is 0 Å². The highest BCUT2D eigenvalue weighted by molar-refractivity contribution is 6.37. The largest absolute Gasteiger partial charge is 0.469 e. The van der Waals surface area contributed by atoms with E-state index in [-0.39, 0.29) is 0 Å². The van der Waals surface area contributed by atoms with Gasteiger partial charge in [0, 0.05) is 11.1 Å². The van der Waals surface area contributed by atoms with E-state index in [1.165, 1.54) is 0 Å². The van der Waals surface area contributed by atoms with Crippen LogP contribution in [0.4, 0.5) is 5.69 Å². The molecule has 0 saturated carbocycles. The molecule has 0 saturated heterocycles. The first-order valence-corrected chi connectivity index (χ1v) is 6.38. The topological polar surface area (TPSA) is 43.2 Å². The molecule has 0 aliphatic carbocycles. The molecule has 2 heterocycles. The Morgan fingerprint density at radius 3 is 2.75 bits per heavy atom. The minimum absolute atomic E-state index is 0.401. The summed E-state index contributed by atoms with van der Waals surface area (Å²) < 4.78 is 11.4. The third kappa shape index (κ3) is 1.86. The Bertz CT molecular complexity index is 735. The van der Waals surface area contributed by atoms with Crippen LogP contribution in [0.5, 0.6) is 5.75 Å². The van der Waals surface area contributed by atoms with Crippen LogP contribution in [0, 0.1) is 6.54 Å². The molecule has 2 aromatic rings. The summed E-state index contributed by atoms with van der Waals surface area (Å²) in [5.41, 5.74) is 2.92. The molecular weight excluding hydrogens is 252 g/mol. The average molecular weight is 263 g/mol. The summed E-state index contributed by atoms with van der Waals surface area (Å²) in [7, 11) is 0. The Morgan fingerprint density at radius 1 is 0.900 bits per heavy atom. The van der Waals surface area contributed by atoms with Gasteiger partial charge in [0.1, 0.15) is 18.9 Å². The number of hydrogen-bond donors (Lipinski definition) is 0. The van der Waals surface area contributed by atoms with Crippen molar-refractivity contribution in [2.24, 2.45) is 9.98 Å². The van der Waals surface area contributed by atoms with E-state index in [2.05, 4.69) is 9.98 Å². The summed E-state index contributed by atoms with van der Waals surface area (Å²) in [5.74, 6) is 1.59. The number of nitrogens with zero attached hydrogens (tertiary/aromatic N) is 2. The molecule has 0 N–H and O–H groups in total. The zero-order chi connectivity index (χ0) is 13.4. The number of fused-ring (bicyclic) bond motifs is 2. The maximum Gasteiger partial charge on any atom is 0.279 e. The molecule has 1 radical (unpaired) electrons. The molecule has 20 heavy (non-hydrogen) atoms. The fraction of sp³-hybridized carbons (Fsp3) is 0.0625. The maximum absolute atomic E-state index is 5.75. The molecule has 2 aliphatic heterocycles. The van der Waals surface area contributed by atoms with Gasteiger partial charge in [-0.25, -0.2) is 9.98 Å². The predicted octanol–water partition coefficient (Wildman–Crippen LogP) is 3.25. The predicted molar refractivity (Wildman–Crippen MR) is 76.2 cm³/mol. The van der Waals surface area contributed by atoms with Crippen LogP contribution in [0.2, 0.25) is 0 Å². The number of benzene rings is 2. The van der Waals surface area contributed by atoms with E-state index in [1.54, 1.807) is 6.54 Å². The van der Waals surface area contributed by atoms with Gasteiger partial charge in [-0.3, -0.25) is 0 Å². The van der Waals surface area contributed by atoms with Gasteiger partial charge < -0.3 is 9.47 Å². The fourth-order valence-electron chi connectivity index (χ4n) is 2.18.